The van der Waals surface area contributed by atoms with E-state index in [1.165, 1.54) is 0 Å². The van der Waals surface area contributed by atoms with Gasteiger partial charge in [0, 0.05) is 24.8 Å². The molecule has 1 aromatic carbocycles. The average Bonchev–Trinajstić information content (AvgIpc) is 2.98. The van der Waals surface area contributed by atoms with Gasteiger partial charge >= 0.3 is 12.0 Å². The van der Waals surface area contributed by atoms with Crippen molar-refractivity contribution in [3.05, 3.63) is 28.8 Å². The fourth-order valence-corrected chi connectivity index (χ4v) is 2.78. The number of nitrogens with zero attached hydrogens (tertiary/aromatic N) is 2. The van der Waals surface area contributed by atoms with Gasteiger partial charge in [0.1, 0.15) is 0 Å². The predicted octanol–water partition coefficient (Wildman–Crippen LogP) is 3.07. The fraction of sp³-hybridized carbons (Fsp3) is 0.529. The summed E-state index contributed by atoms with van der Waals surface area (Å²) in [5.41, 5.74) is 0.768. The molecule has 0 radical (unpaired) electrons. The number of esters is 1. The Bertz CT molecular complexity index is 619. The smallest absolute Gasteiger partial charge is 0.339 e. The molecule has 2 rings (SSSR count). The van der Waals surface area contributed by atoms with Gasteiger partial charge in [-0.25, -0.2) is 9.59 Å². The molecule has 0 spiro atoms. The number of urea groups is 1. The molecule has 7 heteroatoms. The maximum Gasteiger partial charge on any atom is 0.339 e. The van der Waals surface area contributed by atoms with Gasteiger partial charge in [0.25, 0.3) is 0 Å². The molecule has 132 valence electrons. The second-order valence-electron chi connectivity index (χ2n) is 6.43. The third-order valence-corrected chi connectivity index (χ3v) is 4.29. The monoisotopic (exact) mass is 353 g/mol. The van der Waals surface area contributed by atoms with E-state index >= 15 is 0 Å². The second kappa shape index (κ2) is 7.85. The number of anilines is 1. The Hall–Kier alpha value is -1.79. The van der Waals surface area contributed by atoms with Crippen LogP contribution < -0.4 is 5.32 Å². The van der Waals surface area contributed by atoms with Gasteiger partial charge in [-0.15, -0.1) is 0 Å². The van der Waals surface area contributed by atoms with Crippen LogP contribution in [0.25, 0.3) is 0 Å². The van der Waals surface area contributed by atoms with Crippen molar-refractivity contribution in [2.24, 2.45) is 0 Å². The van der Waals surface area contributed by atoms with Crippen LogP contribution in [0.2, 0.25) is 5.02 Å². The first-order chi connectivity index (χ1) is 11.3. The molecule has 1 saturated heterocycles. The van der Waals surface area contributed by atoms with Crippen LogP contribution in [0.15, 0.2) is 18.2 Å². The lowest BCUT2D eigenvalue weighted by molar-refractivity contribution is 0.0378. The molecule has 0 saturated carbocycles. The molecule has 1 atom stereocenters. The molecule has 0 unspecified atom stereocenters. The highest BCUT2D eigenvalue weighted by Crippen LogP contribution is 2.23. The summed E-state index contributed by atoms with van der Waals surface area (Å²) < 4.78 is 5.17. The first-order valence-corrected chi connectivity index (χ1v) is 8.38. The Kier molecular flexibility index (Phi) is 6.07. The van der Waals surface area contributed by atoms with E-state index in [1.54, 1.807) is 36.9 Å². The largest absolute Gasteiger partial charge is 0.459 e. The zero-order valence-electron chi connectivity index (χ0n) is 14.5. The van der Waals surface area contributed by atoms with Gasteiger partial charge in [-0.3, -0.25) is 0 Å². The third-order valence-electron chi connectivity index (χ3n) is 3.96. The number of hydrogen-bond acceptors (Lipinski definition) is 4. The Morgan fingerprint density at radius 2 is 2.08 bits per heavy atom. The summed E-state index contributed by atoms with van der Waals surface area (Å²) in [5, 5.41) is 3.12. The van der Waals surface area contributed by atoms with Crippen LogP contribution >= 0.6 is 11.6 Å². The van der Waals surface area contributed by atoms with Crippen molar-refractivity contribution in [1.82, 2.24) is 9.80 Å². The first-order valence-electron chi connectivity index (χ1n) is 8.00. The zero-order chi connectivity index (χ0) is 17.9. The summed E-state index contributed by atoms with van der Waals surface area (Å²) in [6.45, 7) is 4.94. The summed E-state index contributed by atoms with van der Waals surface area (Å²) in [5.74, 6) is -0.500. The number of likely N-dealkylation sites (tertiary alicyclic amines) is 1. The molecule has 24 heavy (non-hydrogen) atoms. The van der Waals surface area contributed by atoms with Crippen molar-refractivity contribution in [3.63, 3.8) is 0 Å². The van der Waals surface area contributed by atoms with E-state index in [1.807, 2.05) is 14.1 Å². The van der Waals surface area contributed by atoms with Crippen LogP contribution in [0.5, 0.6) is 0 Å². The number of carbonyl (C=O) groups is 2. The van der Waals surface area contributed by atoms with E-state index in [-0.39, 0.29) is 17.7 Å². The summed E-state index contributed by atoms with van der Waals surface area (Å²) in [6.07, 6.45) is 0.715. The Balaban J connectivity index is 2.05. The molecule has 6 nitrogen and oxygen atoms in total. The number of rotatable bonds is 4. The fourth-order valence-electron chi connectivity index (χ4n) is 2.59. The molecule has 1 heterocycles. The Morgan fingerprint density at radius 1 is 1.38 bits per heavy atom. The molecule has 0 bridgehead atoms. The van der Waals surface area contributed by atoms with Gasteiger partial charge in [-0.1, -0.05) is 11.6 Å². The molecule has 1 fully saturated rings. The molecule has 1 N–H and O–H groups in total. The van der Waals surface area contributed by atoms with Crippen LogP contribution in [0, 0.1) is 0 Å². The van der Waals surface area contributed by atoms with E-state index in [0.29, 0.717) is 29.8 Å². The quantitative estimate of drug-likeness (QED) is 0.845. The highest BCUT2D eigenvalue weighted by atomic mass is 35.5. The number of benzene rings is 1. The number of likely N-dealkylation sites (N-methyl/N-ethyl adjacent to an activating group) is 1. The highest BCUT2D eigenvalue weighted by Gasteiger charge is 2.27. The summed E-state index contributed by atoms with van der Waals surface area (Å²) in [4.78, 5) is 28.3. The lowest BCUT2D eigenvalue weighted by Gasteiger charge is -2.21. The van der Waals surface area contributed by atoms with Gasteiger partial charge < -0.3 is 19.9 Å². The number of carbonyl (C=O) groups excluding carboxylic acids is 2. The van der Waals surface area contributed by atoms with E-state index in [0.717, 1.165) is 6.42 Å². The lowest BCUT2D eigenvalue weighted by atomic mass is 10.2. The van der Waals surface area contributed by atoms with Gasteiger partial charge in [0.2, 0.25) is 0 Å². The number of hydrogen-bond donors (Lipinski definition) is 1. The molecule has 0 aliphatic carbocycles. The van der Waals surface area contributed by atoms with Crippen molar-refractivity contribution >= 4 is 29.3 Å². The zero-order valence-corrected chi connectivity index (χ0v) is 15.3. The van der Waals surface area contributed by atoms with Crippen LogP contribution in [-0.2, 0) is 4.74 Å². The molecular formula is C17H24ClN3O3. The van der Waals surface area contributed by atoms with E-state index in [4.69, 9.17) is 16.3 Å². The molecule has 1 aromatic rings. The third kappa shape index (κ3) is 4.61. The molecule has 1 aliphatic rings. The van der Waals surface area contributed by atoms with Gasteiger partial charge in [0.05, 0.1) is 16.7 Å². The van der Waals surface area contributed by atoms with E-state index in [9.17, 15) is 9.59 Å². The van der Waals surface area contributed by atoms with Crippen molar-refractivity contribution in [2.75, 3.05) is 32.5 Å². The van der Waals surface area contributed by atoms with Crippen LogP contribution in [0.3, 0.4) is 0 Å². The first kappa shape index (κ1) is 18.5. The van der Waals surface area contributed by atoms with Crippen LogP contribution in [0.4, 0.5) is 10.5 Å². The number of ether oxygens (including phenoxy) is 1. The van der Waals surface area contributed by atoms with Crippen LogP contribution in [0.1, 0.15) is 30.6 Å². The minimum absolute atomic E-state index is 0.176. The van der Waals surface area contributed by atoms with Crippen molar-refractivity contribution < 1.29 is 14.3 Å². The Morgan fingerprint density at radius 3 is 2.67 bits per heavy atom. The average molecular weight is 354 g/mol. The van der Waals surface area contributed by atoms with E-state index in [2.05, 4.69) is 10.2 Å². The molecule has 2 amide bonds. The minimum Gasteiger partial charge on any atom is -0.459 e. The lowest BCUT2D eigenvalue weighted by Crippen LogP contribution is -2.36. The summed E-state index contributed by atoms with van der Waals surface area (Å²) in [7, 11) is 4.02. The highest BCUT2D eigenvalue weighted by molar-refractivity contribution is 6.33. The minimum atomic E-state index is -0.500. The van der Waals surface area contributed by atoms with Crippen molar-refractivity contribution in [1.29, 1.82) is 0 Å². The molecule has 0 aromatic heterocycles. The SMILES string of the molecule is CC(C)OC(=O)c1cc(NC(=O)N2CC[C@@H](N(C)C)C2)ccc1Cl. The standard InChI is InChI=1S/C17H24ClN3O3/c1-11(2)24-16(22)14-9-12(5-6-15(14)18)19-17(23)21-8-7-13(10-21)20(3)4/h5-6,9,11,13H,7-8,10H2,1-4H3,(H,19,23)/t13-/m1/s1. The maximum absolute atomic E-state index is 12.4. The number of nitrogens with one attached hydrogen (secondary N) is 1. The molecular weight excluding hydrogens is 330 g/mol. The topological polar surface area (TPSA) is 61.9 Å². The maximum atomic E-state index is 12.4. The van der Waals surface area contributed by atoms with Crippen molar-refractivity contribution in [3.8, 4) is 0 Å². The summed E-state index contributed by atoms with van der Waals surface area (Å²) in [6, 6.07) is 5.00. The van der Waals surface area contributed by atoms with Crippen molar-refractivity contribution in [2.45, 2.75) is 32.4 Å². The predicted molar refractivity (Wildman–Crippen MR) is 94.7 cm³/mol. The van der Waals surface area contributed by atoms with Gasteiger partial charge in [-0.05, 0) is 52.6 Å². The Labute approximate surface area is 147 Å². The van der Waals surface area contributed by atoms with Crippen LogP contribution in [-0.4, -0.2) is 61.1 Å². The normalized spacial score (nSPS) is 17.5. The number of halogens is 1. The summed E-state index contributed by atoms with van der Waals surface area (Å²) >= 11 is 6.06. The van der Waals surface area contributed by atoms with Gasteiger partial charge in [-0.2, -0.15) is 0 Å². The number of amides is 2. The second-order valence-corrected chi connectivity index (χ2v) is 6.84. The van der Waals surface area contributed by atoms with E-state index < -0.39 is 5.97 Å². The molecule has 1 aliphatic heterocycles. The van der Waals surface area contributed by atoms with Gasteiger partial charge in [0.15, 0.2) is 0 Å².